The van der Waals surface area contributed by atoms with E-state index in [1.54, 1.807) is 0 Å². The average molecular weight is 349 g/mol. The van der Waals surface area contributed by atoms with E-state index in [-0.39, 0.29) is 11.6 Å². The van der Waals surface area contributed by atoms with Gasteiger partial charge in [-0.3, -0.25) is 0 Å². The van der Waals surface area contributed by atoms with E-state index in [0.717, 1.165) is 10.4 Å². The quantitative estimate of drug-likeness (QED) is 0.813. The maximum absolute atomic E-state index is 12.9. The molecule has 0 aromatic heterocycles. The lowest BCUT2D eigenvalue weighted by Crippen LogP contribution is -2.67. The van der Waals surface area contributed by atoms with Crippen LogP contribution in [0.3, 0.4) is 0 Å². The zero-order chi connectivity index (χ0) is 17.8. The Morgan fingerprint density at radius 2 is 1.33 bits per heavy atom. The predicted octanol–water partition coefficient (Wildman–Crippen LogP) is 3.16. The molecule has 130 valence electrons. The van der Waals surface area contributed by atoms with E-state index in [4.69, 9.17) is 10.2 Å². The molecule has 2 rings (SSSR count). The summed E-state index contributed by atoms with van der Waals surface area (Å²) in [4.78, 5) is 0. The summed E-state index contributed by atoms with van der Waals surface area (Å²) in [5.74, 6) is 0. The Morgan fingerprint density at radius 3 is 1.67 bits per heavy atom. The van der Waals surface area contributed by atoms with Gasteiger partial charge in [-0.1, -0.05) is 81.4 Å². The Morgan fingerprint density at radius 1 is 0.917 bits per heavy atom. The van der Waals surface area contributed by atoms with Crippen molar-refractivity contribution in [3.8, 4) is 0 Å². The van der Waals surface area contributed by atoms with Crippen molar-refractivity contribution in [3.05, 3.63) is 60.7 Å². The molecule has 0 heterocycles. The Balaban J connectivity index is 2.57. The molecule has 0 unspecified atom stereocenters. The molecule has 0 bridgehead atoms. The fourth-order valence-corrected chi connectivity index (χ4v) is 7.65. The van der Waals surface area contributed by atoms with Gasteiger partial charge in [-0.05, 0) is 15.4 Å². The minimum atomic E-state index is -2.77. The van der Waals surface area contributed by atoms with Gasteiger partial charge in [0, 0.05) is 0 Å². The second-order valence-corrected chi connectivity index (χ2v) is 11.3. The minimum Gasteiger partial charge on any atom is -0.406 e. The molecule has 0 aliphatic rings. The van der Waals surface area contributed by atoms with Gasteiger partial charge in [0.05, 0.1) is 12.6 Å². The first-order valence-corrected chi connectivity index (χ1v) is 9.98. The van der Waals surface area contributed by atoms with Gasteiger partial charge >= 0.3 is 0 Å². The van der Waals surface area contributed by atoms with E-state index in [1.807, 2.05) is 60.7 Å². The molecular weight excluding hydrogens is 324 g/mol. The van der Waals surface area contributed by atoms with Crippen molar-refractivity contribution in [2.24, 2.45) is 5.73 Å². The number of benzene rings is 2. The molecule has 2 aromatic rings. The molecule has 0 radical (unpaired) electrons. The third-order valence-electron chi connectivity index (χ3n) is 4.23. The average Bonchev–Trinajstić information content (AvgIpc) is 2.56. The minimum absolute atomic E-state index is 0.162. The summed E-state index contributed by atoms with van der Waals surface area (Å²) in [5, 5.41) is 1.88. The van der Waals surface area contributed by atoms with Crippen molar-refractivity contribution in [2.45, 2.75) is 38.3 Å². The van der Waals surface area contributed by atoms with Gasteiger partial charge in [0.2, 0.25) is 0 Å². The Bertz CT molecular complexity index is 589. The van der Waals surface area contributed by atoms with E-state index in [0.29, 0.717) is 0 Å². The number of hydrogen-bond acceptors (Lipinski definition) is 2. The first kappa shape index (κ1) is 18.8. The van der Waals surface area contributed by atoms with Gasteiger partial charge in [-0.25, -0.2) is 8.78 Å². The van der Waals surface area contributed by atoms with E-state index >= 15 is 0 Å². The normalized spacial score (nSPS) is 14.0. The summed E-state index contributed by atoms with van der Waals surface area (Å²) in [6.45, 7) is 6.15. The summed E-state index contributed by atoms with van der Waals surface area (Å²) in [6, 6.07) is 18.6. The van der Waals surface area contributed by atoms with Gasteiger partial charge in [0.15, 0.2) is 0 Å². The van der Waals surface area contributed by atoms with Gasteiger partial charge < -0.3 is 10.2 Å². The number of nitrogens with two attached hydrogens (primary N) is 1. The lowest BCUT2D eigenvalue weighted by molar-refractivity contribution is 0.0873. The van der Waals surface area contributed by atoms with Crippen LogP contribution in [0.5, 0.6) is 0 Å². The van der Waals surface area contributed by atoms with Crippen molar-refractivity contribution in [3.63, 3.8) is 0 Å². The van der Waals surface area contributed by atoms with Gasteiger partial charge in [-0.2, -0.15) is 0 Å². The molecule has 0 saturated heterocycles. The molecule has 0 fully saturated rings. The van der Waals surface area contributed by atoms with Crippen LogP contribution in [-0.2, 0) is 4.43 Å². The molecule has 2 nitrogen and oxygen atoms in total. The van der Waals surface area contributed by atoms with E-state index in [9.17, 15) is 8.78 Å². The molecule has 2 N–H and O–H groups in total. The van der Waals surface area contributed by atoms with Crippen LogP contribution in [0.15, 0.2) is 60.7 Å². The van der Waals surface area contributed by atoms with Crippen molar-refractivity contribution in [1.82, 2.24) is 0 Å². The fourth-order valence-electron chi connectivity index (χ4n) is 3.06. The first-order chi connectivity index (χ1) is 11.3. The molecule has 1 atom stereocenters. The Kier molecular flexibility index (Phi) is 5.90. The van der Waals surface area contributed by atoms with E-state index in [1.165, 1.54) is 0 Å². The van der Waals surface area contributed by atoms with Crippen molar-refractivity contribution in [1.29, 1.82) is 0 Å². The molecule has 0 spiro atoms. The first-order valence-electron chi connectivity index (χ1n) is 8.08. The summed E-state index contributed by atoms with van der Waals surface area (Å²) < 4.78 is 32.2. The summed E-state index contributed by atoms with van der Waals surface area (Å²) in [7, 11) is -2.77. The van der Waals surface area contributed by atoms with Gasteiger partial charge in [-0.15, -0.1) is 0 Å². The number of rotatable bonds is 6. The highest BCUT2D eigenvalue weighted by molar-refractivity contribution is 6.99. The van der Waals surface area contributed by atoms with Crippen LogP contribution in [0.1, 0.15) is 20.8 Å². The van der Waals surface area contributed by atoms with Crippen LogP contribution in [0.25, 0.3) is 0 Å². The van der Waals surface area contributed by atoms with Crippen LogP contribution in [0.4, 0.5) is 8.78 Å². The predicted molar refractivity (Wildman–Crippen MR) is 97.6 cm³/mol. The van der Waals surface area contributed by atoms with Crippen LogP contribution in [-0.4, -0.2) is 27.4 Å². The molecule has 0 amide bonds. The SMILES string of the molecule is CC(C)(C)[Si](OC[C@@H](N)C(F)F)(c1ccccc1)c1ccccc1. The Hall–Kier alpha value is -1.56. The molecule has 24 heavy (non-hydrogen) atoms. The topological polar surface area (TPSA) is 35.2 Å². The lowest BCUT2D eigenvalue weighted by atomic mass is 10.2. The summed E-state index contributed by atoms with van der Waals surface area (Å²) in [5.41, 5.74) is 5.57. The number of halogens is 2. The Labute approximate surface area is 143 Å². The third-order valence-corrected chi connectivity index (χ3v) is 9.24. The monoisotopic (exact) mass is 349 g/mol. The maximum atomic E-state index is 12.9. The smallest absolute Gasteiger partial charge is 0.261 e. The van der Waals surface area contributed by atoms with E-state index < -0.39 is 20.8 Å². The molecule has 5 heteroatoms. The summed E-state index contributed by atoms with van der Waals surface area (Å²) in [6.07, 6.45) is -2.59. The van der Waals surface area contributed by atoms with E-state index in [2.05, 4.69) is 20.8 Å². The van der Waals surface area contributed by atoms with Crippen LogP contribution in [0.2, 0.25) is 5.04 Å². The fraction of sp³-hybridized carbons (Fsp3) is 0.368. The highest BCUT2D eigenvalue weighted by Crippen LogP contribution is 2.36. The number of hydrogen-bond donors (Lipinski definition) is 1. The highest BCUT2D eigenvalue weighted by Gasteiger charge is 2.50. The largest absolute Gasteiger partial charge is 0.406 e. The third kappa shape index (κ3) is 3.74. The maximum Gasteiger partial charge on any atom is 0.261 e. The zero-order valence-corrected chi connectivity index (χ0v) is 15.4. The van der Waals surface area contributed by atoms with Crippen molar-refractivity contribution >= 4 is 18.7 Å². The van der Waals surface area contributed by atoms with Gasteiger partial charge in [0.25, 0.3) is 14.7 Å². The molecular formula is C19H25F2NOSi. The second kappa shape index (κ2) is 7.55. The molecule has 0 aliphatic carbocycles. The van der Waals surface area contributed by atoms with Crippen LogP contribution < -0.4 is 16.1 Å². The van der Waals surface area contributed by atoms with Crippen molar-refractivity contribution in [2.75, 3.05) is 6.61 Å². The highest BCUT2D eigenvalue weighted by atomic mass is 28.4. The standard InChI is InChI=1S/C19H25F2NOSi/c1-19(2,3)24(15-10-6-4-7-11-15,16-12-8-5-9-13-16)23-14-17(22)18(20)21/h4-13,17-18H,14,22H2,1-3H3/t17-/m1/s1. The zero-order valence-electron chi connectivity index (χ0n) is 14.4. The summed E-state index contributed by atoms with van der Waals surface area (Å²) >= 11 is 0. The number of alkyl halides is 2. The molecule has 0 aliphatic heterocycles. The van der Waals surface area contributed by atoms with Crippen molar-refractivity contribution < 1.29 is 13.2 Å². The van der Waals surface area contributed by atoms with Crippen LogP contribution in [0, 0.1) is 0 Å². The second-order valence-electron chi connectivity index (χ2n) is 6.97. The molecule has 2 aromatic carbocycles. The van der Waals surface area contributed by atoms with Crippen LogP contribution >= 0.6 is 0 Å². The lowest BCUT2D eigenvalue weighted by Gasteiger charge is -2.43. The molecule has 0 saturated carbocycles. The van der Waals surface area contributed by atoms with Gasteiger partial charge in [0.1, 0.15) is 0 Å².